The Balaban J connectivity index is 1.90. The van der Waals surface area contributed by atoms with Crippen LogP contribution in [0.5, 0.6) is 0 Å². The smallest absolute Gasteiger partial charge is 0.243 e. The second-order valence-corrected chi connectivity index (χ2v) is 10.9. The molecule has 1 amide bonds. The molecule has 0 atom stereocenters. The summed E-state index contributed by atoms with van der Waals surface area (Å²) in [5.41, 5.74) is 5.36. The summed E-state index contributed by atoms with van der Waals surface area (Å²) >= 11 is 3.45. The molecule has 0 spiro atoms. The Labute approximate surface area is 198 Å². The fraction of sp³-hybridized carbons (Fsp3) is 0.240. The lowest BCUT2D eigenvalue weighted by atomic mass is 10.1. The average molecular weight is 515 g/mol. The molecule has 1 N–H and O–H groups in total. The van der Waals surface area contributed by atoms with Crippen LogP contribution in [0.3, 0.4) is 0 Å². The zero-order valence-corrected chi connectivity index (χ0v) is 21.0. The Morgan fingerprint density at radius 2 is 1.38 bits per heavy atom. The molecule has 3 aromatic rings. The summed E-state index contributed by atoms with van der Waals surface area (Å²) in [6.45, 7) is 7.49. The predicted molar refractivity (Wildman–Crippen MR) is 132 cm³/mol. The Kier molecular flexibility index (Phi) is 7.54. The lowest BCUT2D eigenvalue weighted by Crippen LogP contribution is -2.37. The molecule has 0 unspecified atom stereocenters. The van der Waals surface area contributed by atoms with Crippen LogP contribution >= 0.6 is 15.9 Å². The third-order valence-electron chi connectivity index (χ3n) is 5.22. The van der Waals surface area contributed by atoms with Crippen LogP contribution in [-0.4, -0.2) is 25.2 Å². The van der Waals surface area contributed by atoms with Gasteiger partial charge in [-0.05, 0) is 68.7 Å². The topological polar surface area (TPSA) is 66.5 Å². The number of carbonyl (C=O) groups excluding carboxylic acids is 1. The molecule has 0 aromatic heterocycles. The number of rotatable bonds is 7. The van der Waals surface area contributed by atoms with Crippen molar-refractivity contribution in [2.24, 2.45) is 0 Å². The van der Waals surface area contributed by atoms with E-state index in [0.717, 1.165) is 32.3 Å². The lowest BCUT2D eigenvalue weighted by Gasteiger charge is -2.23. The first-order chi connectivity index (χ1) is 15.1. The standard InChI is InChI=1S/C25H27BrN2O3S/c1-17-5-9-21(10-6-17)15-28(32(30,31)23-11-7-18(2)8-12-23)16-24(29)27-25-19(3)13-22(26)14-20(25)4/h5-14H,15-16H2,1-4H3,(H,27,29). The van der Waals surface area contributed by atoms with E-state index in [0.29, 0.717) is 5.69 Å². The first kappa shape index (κ1) is 24.2. The summed E-state index contributed by atoms with van der Waals surface area (Å²) in [4.78, 5) is 13.1. The van der Waals surface area contributed by atoms with E-state index in [2.05, 4.69) is 21.2 Å². The molecule has 0 saturated heterocycles. The van der Waals surface area contributed by atoms with Gasteiger partial charge in [0.1, 0.15) is 0 Å². The van der Waals surface area contributed by atoms with Gasteiger partial charge in [0.15, 0.2) is 0 Å². The van der Waals surface area contributed by atoms with Gasteiger partial charge in [0.25, 0.3) is 0 Å². The van der Waals surface area contributed by atoms with Crippen molar-refractivity contribution in [1.29, 1.82) is 0 Å². The second-order valence-electron chi connectivity index (χ2n) is 8.03. The quantitative estimate of drug-likeness (QED) is 0.451. The van der Waals surface area contributed by atoms with E-state index < -0.39 is 10.0 Å². The molecule has 0 heterocycles. The van der Waals surface area contributed by atoms with Gasteiger partial charge in [-0.15, -0.1) is 0 Å². The fourth-order valence-electron chi connectivity index (χ4n) is 3.43. The number of hydrogen-bond donors (Lipinski definition) is 1. The molecule has 0 aliphatic rings. The average Bonchev–Trinajstić information content (AvgIpc) is 2.72. The van der Waals surface area contributed by atoms with E-state index in [-0.39, 0.29) is 23.9 Å². The van der Waals surface area contributed by atoms with Crippen LogP contribution in [0.15, 0.2) is 70.0 Å². The Morgan fingerprint density at radius 1 is 0.875 bits per heavy atom. The minimum absolute atomic E-state index is 0.0994. The van der Waals surface area contributed by atoms with Crippen LogP contribution in [0.4, 0.5) is 5.69 Å². The van der Waals surface area contributed by atoms with Gasteiger partial charge in [0, 0.05) is 16.7 Å². The van der Waals surface area contributed by atoms with Crippen LogP contribution < -0.4 is 5.32 Å². The number of anilines is 1. The largest absolute Gasteiger partial charge is 0.324 e. The first-order valence-corrected chi connectivity index (χ1v) is 12.5. The van der Waals surface area contributed by atoms with E-state index >= 15 is 0 Å². The molecule has 5 nitrogen and oxygen atoms in total. The highest BCUT2D eigenvalue weighted by Crippen LogP contribution is 2.26. The van der Waals surface area contributed by atoms with E-state index in [1.54, 1.807) is 24.3 Å². The normalized spacial score (nSPS) is 11.6. The number of carbonyl (C=O) groups is 1. The number of hydrogen-bond acceptors (Lipinski definition) is 3. The van der Waals surface area contributed by atoms with Gasteiger partial charge in [-0.3, -0.25) is 4.79 Å². The Bertz CT molecular complexity index is 1200. The second kappa shape index (κ2) is 9.98. The maximum atomic E-state index is 13.4. The third kappa shape index (κ3) is 5.85. The summed E-state index contributed by atoms with van der Waals surface area (Å²) < 4.78 is 29.0. The highest BCUT2D eigenvalue weighted by molar-refractivity contribution is 9.10. The van der Waals surface area contributed by atoms with E-state index in [4.69, 9.17) is 0 Å². The lowest BCUT2D eigenvalue weighted by molar-refractivity contribution is -0.116. The Morgan fingerprint density at radius 3 is 1.91 bits per heavy atom. The molecule has 0 bridgehead atoms. The van der Waals surface area contributed by atoms with Gasteiger partial charge in [-0.25, -0.2) is 8.42 Å². The molecule has 0 radical (unpaired) electrons. The summed E-state index contributed by atoms with van der Waals surface area (Å²) in [5, 5.41) is 2.90. The summed E-state index contributed by atoms with van der Waals surface area (Å²) in [6, 6.07) is 18.1. The van der Waals surface area contributed by atoms with Crippen molar-refractivity contribution in [3.63, 3.8) is 0 Å². The number of benzene rings is 3. The molecule has 32 heavy (non-hydrogen) atoms. The molecule has 0 aliphatic heterocycles. The van der Waals surface area contributed by atoms with Crippen LogP contribution in [0, 0.1) is 27.7 Å². The highest BCUT2D eigenvalue weighted by Gasteiger charge is 2.27. The SMILES string of the molecule is Cc1ccc(CN(CC(=O)Nc2c(C)cc(Br)cc2C)S(=O)(=O)c2ccc(C)cc2)cc1. The molecule has 3 aromatic carbocycles. The van der Waals surface area contributed by atoms with Crippen molar-refractivity contribution in [3.8, 4) is 0 Å². The minimum atomic E-state index is -3.88. The van der Waals surface area contributed by atoms with Gasteiger partial charge in [-0.2, -0.15) is 4.31 Å². The van der Waals surface area contributed by atoms with Crippen molar-refractivity contribution in [1.82, 2.24) is 4.31 Å². The molecule has 7 heteroatoms. The summed E-state index contributed by atoms with van der Waals surface area (Å²) in [6.07, 6.45) is 0. The van der Waals surface area contributed by atoms with Crippen molar-refractivity contribution < 1.29 is 13.2 Å². The molecule has 0 aliphatic carbocycles. The van der Waals surface area contributed by atoms with E-state index in [9.17, 15) is 13.2 Å². The van der Waals surface area contributed by atoms with Gasteiger partial charge in [-0.1, -0.05) is 63.5 Å². The zero-order chi connectivity index (χ0) is 23.5. The minimum Gasteiger partial charge on any atom is -0.324 e. The van der Waals surface area contributed by atoms with Crippen LogP contribution in [0.1, 0.15) is 27.8 Å². The first-order valence-electron chi connectivity index (χ1n) is 10.3. The van der Waals surface area contributed by atoms with E-state index in [1.165, 1.54) is 4.31 Å². The number of halogens is 1. The number of sulfonamides is 1. The molecule has 0 saturated carbocycles. The van der Waals surface area contributed by atoms with Crippen molar-refractivity contribution in [2.45, 2.75) is 39.1 Å². The molecule has 168 valence electrons. The monoisotopic (exact) mass is 514 g/mol. The number of aryl methyl sites for hydroxylation is 4. The fourth-order valence-corrected chi connectivity index (χ4v) is 5.50. The number of nitrogens with one attached hydrogen (secondary N) is 1. The van der Waals surface area contributed by atoms with Crippen molar-refractivity contribution in [2.75, 3.05) is 11.9 Å². The predicted octanol–water partition coefficient (Wildman–Crippen LogP) is 5.51. The number of nitrogens with zero attached hydrogens (tertiary/aromatic N) is 1. The summed E-state index contributed by atoms with van der Waals surface area (Å²) in [5.74, 6) is -0.388. The molecular formula is C25H27BrN2O3S. The highest BCUT2D eigenvalue weighted by atomic mass is 79.9. The van der Waals surface area contributed by atoms with Crippen molar-refractivity contribution >= 4 is 37.5 Å². The number of amides is 1. The molecule has 0 fully saturated rings. The van der Waals surface area contributed by atoms with Gasteiger partial charge in [0.2, 0.25) is 15.9 Å². The van der Waals surface area contributed by atoms with Gasteiger partial charge >= 0.3 is 0 Å². The molecular weight excluding hydrogens is 488 g/mol. The van der Waals surface area contributed by atoms with Crippen LogP contribution in [0.25, 0.3) is 0 Å². The van der Waals surface area contributed by atoms with Crippen molar-refractivity contribution in [3.05, 3.63) is 93.0 Å². The molecule has 3 rings (SSSR count). The van der Waals surface area contributed by atoms with Gasteiger partial charge in [0.05, 0.1) is 11.4 Å². The maximum Gasteiger partial charge on any atom is 0.243 e. The van der Waals surface area contributed by atoms with E-state index in [1.807, 2.05) is 64.1 Å². The third-order valence-corrected chi connectivity index (χ3v) is 7.48. The zero-order valence-electron chi connectivity index (χ0n) is 18.6. The van der Waals surface area contributed by atoms with Crippen LogP contribution in [-0.2, 0) is 21.4 Å². The van der Waals surface area contributed by atoms with Gasteiger partial charge < -0.3 is 5.32 Å². The maximum absolute atomic E-state index is 13.4. The summed E-state index contributed by atoms with van der Waals surface area (Å²) in [7, 11) is -3.88. The van der Waals surface area contributed by atoms with Crippen LogP contribution in [0.2, 0.25) is 0 Å². The Hall–Kier alpha value is -2.48.